The molecule has 0 saturated heterocycles. The van der Waals surface area contributed by atoms with Crippen LogP contribution in [0.1, 0.15) is 17.5 Å². The number of hydrogen-bond acceptors (Lipinski definition) is 3. The van der Waals surface area contributed by atoms with Crippen LogP contribution in [0, 0.1) is 0 Å². The summed E-state index contributed by atoms with van der Waals surface area (Å²) >= 11 is 6.07. The summed E-state index contributed by atoms with van der Waals surface area (Å²) in [6.07, 6.45) is 1.00. The highest BCUT2D eigenvalue weighted by atomic mass is 35.5. The molecular formula is C18H20ClNO3. The van der Waals surface area contributed by atoms with Gasteiger partial charge in [0.05, 0.1) is 14.2 Å². The second kappa shape index (κ2) is 8.44. The fourth-order valence-electron chi connectivity index (χ4n) is 2.19. The Morgan fingerprint density at radius 2 is 1.74 bits per heavy atom. The molecule has 0 unspecified atom stereocenters. The number of carbonyl (C=O) groups is 1. The maximum atomic E-state index is 12.0. The molecule has 0 aliphatic carbocycles. The monoisotopic (exact) mass is 333 g/mol. The van der Waals surface area contributed by atoms with E-state index in [0.717, 1.165) is 22.6 Å². The van der Waals surface area contributed by atoms with Gasteiger partial charge in [-0.3, -0.25) is 4.79 Å². The van der Waals surface area contributed by atoms with Crippen molar-refractivity contribution in [2.75, 3.05) is 14.2 Å². The van der Waals surface area contributed by atoms with Crippen molar-refractivity contribution in [2.24, 2.45) is 0 Å². The number of amides is 1. The number of halogens is 1. The third-order valence-corrected chi connectivity index (χ3v) is 3.85. The van der Waals surface area contributed by atoms with Gasteiger partial charge in [0.15, 0.2) is 0 Å². The van der Waals surface area contributed by atoms with Crippen molar-refractivity contribution in [3.05, 3.63) is 58.6 Å². The van der Waals surface area contributed by atoms with Crippen LogP contribution in [0.5, 0.6) is 11.5 Å². The molecule has 0 bridgehead atoms. The predicted molar refractivity (Wildman–Crippen MR) is 91.2 cm³/mol. The highest BCUT2D eigenvalue weighted by Crippen LogP contribution is 2.23. The van der Waals surface area contributed by atoms with E-state index < -0.39 is 0 Å². The van der Waals surface area contributed by atoms with Gasteiger partial charge in [0.2, 0.25) is 5.91 Å². The van der Waals surface area contributed by atoms with Crippen LogP contribution in [0.4, 0.5) is 0 Å². The molecule has 23 heavy (non-hydrogen) atoms. The van der Waals surface area contributed by atoms with Gasteiger partial charge in [-0.15, -0.1) is 0 Å². The summed E-state index contributed by atoms with van der Waals surface area (Å²) in [5, 5.41) is 3.54. The molecule has 4 nitrogen and oxygen atoms in total. The number of nitrogens with one attached hydrogen (secondary N) is 1. The Labute approximate surface area is 141 Å². The topological polar surface area (TPSA) is 47.6 Å². The Hall–Kier alpha value is -2.20. The van der Waals surface area contributed by atoms with E-state index >= 15 is 0 Å². The van der Waals surface area contributed by atoms with Crippen molar-refractivity contribution in [3.8, 4) is 11.5 Å². The van der Waals surface area contributed by atoms with Crippen LogP contribution >= 0.6 is 11.6 Å². The van der Waals surface area contributed by atoms with E-state index in [1.165, 1.54) is 0 Å². The highest BCUT2D eigenvalue weighted by molar-refractivity contribution is 6.31. The first kappa shape index (κ1) is 17.2. The first-order chi connectivity index (χ1) is 11.1. The second-order valence-electron chi connectivity index (χ2n) is 5.09. The van der Waals surface area contributed by atoms with Crippen LogP contribution in [0.25, 0.3) is 0 Å². The fourth-order valence-corrected chi connectivity index (χ4v) is 2.40. The molecule has 0 radical (unpaired) electrons. The van der Waals surface area contributed by atoms with Crippen molar-refractivity contribution in [1.82, 2.24) is 5.32 Å². The van der Waals surface area contributed by atoms with Crippen LogP contribution < -0.4 is 14.8 Å². The molecule has 1 N–H and O–H groups in total. The van der Waals surface area contributed by atoms with E-state index in [0.29, 0.717) is 24.4 Å². The summed E-state index contributed by atoms with van der Waals surface area (Å²) in [4.78, 5) is 12.0. The van der Waals surface area contributed by atoms with Crippen molar-refractivity contribution >= 4 is 17.5 Å². The van der Waals surface area contributed by atoms with Crippen LogP contribution in [-0.2, 0) is 17.8 Å². The maximum absolute atomic E-state index is 12.0. The van der Waals surface area contributed by atoms with Crippen molar-refractivity contribution in [3.63, 3.8) is 0 Å². The van der Waals surface area contributed by atoms with Gasteiger partial charge in [-0.1, -0.05) is 29.8 Å². The first-order valence-corrected chi connectivity index (χ1v) is 7.72. The minimum Gasteiger partial charge on any atom is -0.497 e. The van der Waals surface area contributed by atoms with Gasteiger partial charge in [-0.05, 0) is 35.7 Å². The van der Waals surface area contributed by atoms with Gasteiger partial charge in [0.25, 0.3) is 0 Å². The largest absolute Gasteiger partial charge is 0.497 e. The number of methoxy groups -OCH3 is 2. The minimum atomic E-state index is -0.0216. The number of hydrogen-bond donors (Lipinski definition) is 1. The molecule has 2 aromatic carbocycles. The Morgan fingerprint density at radius 3 is 2.35 bits per heavy atom. The van der Waals surface area contributed by atoms with Gasteiger partial charge in [0, 0.05) is 24.1 Å². The number of rotatable bonds is 7. The Morgan fingerprint density at radius 1 is 1.09 bits per heavy atom. The normalized spacial score (nSPS) is 10.2. The zero-order valence-corrected chi connectivity index (χ0v) is 14.0. The van der Waals surface area contributed by atoms with Crippen LogP contribution in [0.2, 0.25) is 5.02 Å². The lowest BCUT2D eigenvalue weighted by atomic mass is 10.1. The van der Waals surface area contributed by atoms with E-state index in [2.05, 4.69) is 5.32 Å². The summed E-state index contributed by atoms with van der Waals surface area (Å²) in [6.45, 7) is 0.430. The lowest BCUT2D eigenvalue weighted by Crippen LogP contribution is -2.23. The van der Waals surface area contributed by atoms with E-state index in [4.69, 9.17) is 21.1 Å². The summed E-state index contributed by atoms with van der Waals surface area (Å²) < 4.78 is 10.5. The predicted octanol–water partition coefficient (Wildman–Crippen LogP) is 3.61. The van der Waals surface area contributed by atoms with Gasteiger partial charge in [-0.2, -0.15) is 0 Å². The Bertz CT molecular complexity index is 651. The van der Waals surface area contributed by atoms with Gasteiger partial charge < -0.3 is 14.8 Å². The minimum absolute atomic E-state index is 0.0216. The molecule has 0 aromatic heterocycles. The van der Waals surface area contributed by atoms with Crippen molar-refractivity contribution in [2.45, 2.75) is 19.4 Å². The Balaban J connectivity index is 1.88. The third-order valence-electron chi connectivity index (χ3n) is 3.49. The van der Waals surface area contributed by atoms with E-state index in [-0.39, 0.29) is 5.91 Å². The molecule has 0 atom stereocenters. The summed E-state index contributed by atoms with van der Waals surface area (Å²) in [7, 11) is 3.21. The molecule has 0 heterocycles. The lowest BCUT2D eigenvalue weighted by Gasteiger charge is -2.09. The summed E-state index contributed by atoms with van der Waals surface area (Å²) in [5.41, 5.74) is 1.90. The average Bonchev–Trinajstić information content (AvgIpc) is 2.58. The molecule has 0 aliphatic heterocycles. The number of aryl methyl sites for hydroxylation is 1. The standard InChI is InChI=1S/C18H20ClNO3/c1-22-15-9-13(10-16(11-15)23-2)7-8-18(21)20-12-14-5-3-4-6-17(14)19/h3-6,9-11H,7-8,12H2,1-2H3,(H,20,21). The third kappa shape index (κ3) is 5.18. The molecule has 0 aliphatic rings. The van der Waals surface area contributed by atoms with Gasteiger partial charge >= 0.3 is 0 Å². The molecule has 122 valence electrons. The summed E-state index contributed by atoms with van der Waals surface area (Å²) in [5.74, 6) is 1.42. The van der Waals surface area contributed by atoms with Gasteiger partial charge in [-0.25, -0.2) is 0 Å². The zero-order valence-electron chi connectivity index (χ0n) is 13.3. The lowest BCUT2D eigenvalue weighted by molar-refractivity contribution is -0.121. The molecule has 2 rings (SSSR count). The fraction of sp³-hybridized carbons (Fsp3) is 0.278. The van der Waals surface area contributed by atoms with E-state index in [1.54, 1.807) is 20.3 Å². The van der Waals surface area contributed by atoms with Crippen LogP contribution in [0.15, 0.2) is 42.5 Å². The van der Waals surface area contributed by atoms with Crippen molar-refractivity contribution < 1.29 is 14.3 Å². The quantitative estimate of drug-likeness (QED) is 0.842. The zero-order chi connectivity index (χ0) is 16.7. The van der Waals surface area contributed by atoms with Crippen molar-refractivity contribution in [1.29, 1.82) is 0 Å². The molecule has 0 spiro atoms. The van der Waals surface area contributed by atoms with Crippen LogP contribution in [0.3, 0.4) is 0 Å². The highest BCUT2D eigenvalue weighted by Gasteiger charge is 2.07. The molecule has 2 aromatic rings. The average molecular weight is 334 g/mol. The smallest absolute Gasteiger partial charge is 0.220 e. The van der Waals surface area contributed by atoms with Crippen LogP contribution in [-0.4, -0.2) is 20.1 Å². The molecule has 5 heteroatoms. The number of carbonyl (C=O) groups excluding carboxylic acids is 1. The van der Waals surface area contributed by atoms with E-state index in [9.17, 15) is 4.79 Å². The molecule has 1 amide bonds. The molecule has 0 saturated carbocycles. The maximum Gasteiger partial charge on any atom is 0.220 e. The van der Waals surface area contributed by atoms with Gasteiger partial charge in [0.1, 0.15) is 11.5 Å². The SMILES string of the molecule is COc1cc(CCC(=O)NCc2ccccc2Cl)cc(OC)c1. The number of benzene rings is 2. The van der Waals surface area contributed by atoms with E-state index in [1.807, 2.05) is 36.4 Å². The Kier molecular flexibility index (Phi) is 6.29. The first-order valence-electron chi connectivity index (χ1n) is 7.34. The molecular weight excluding hydrogens is 314 g/mol. The second-order valence-corrected chi connectivity index (χ2v) is 5.50. The number of ether oxygens (including phenoxy) is 2. The summed E-state index contributed by atoms with van der Waals surface area (Å²) in [6, 6.07) is 13.1. The molecule has 0 fully saturated rings.